The van der Waals surface area contributed by atoms with Crippen LogP contribution in [0.4, 0.5) is 5.69 Å². The second-order valence-electron chi connectivity index (χ2n) is 11.6. The molecule has 1 atom stereocenters. The number of nitro groups is 1. The number of nitro benzene ring substituents is 1. The monoisotopic (exact) mass is 764 g/mol. The third-order valence-electron chi connectivity index (χ3n) is 7.88. The van der Waals surface area contributed by atoms with Gasteiger partial charge in [0, 0.05) is 44.7 Å². The Hall–Kier alpha value is -4.76. The number of methoxy groups -OCH3 is 1. The molecule has 6 rings (SSSR count). The molecule has 12 nitrogen and oxygen atoms in total. The number of rotatable bonds is 10. The zero-order valence-corrected chi connectivity index (χ0v) is 31.1. The van der Waals surface area contributed by atoms with Gasteiger partial charge >= 0.3 is 5.97 Å². The standard InChI is InChI=1S/C35H30Cl2N6O6S2/c1-6-41-31(20-8-7-9-22(36)14-20)39-40-35(41)50-27-13-11-24(43(46)47)15-21(27)16-28-32(44)42-30(25-17-23(37)10-12-26(25)48-5)29(33(45)49-18(2)3)19(4)38-34(42)51-28/h7-18,30H,6H2,1-5H3/b28-16-/t30-/m0/s1. The van der Waals surface area contributed by atoms with Gasteiger partial charge in [0.25, 0.3) is 11.2 Å². The van der Waals surface area contributed by atoms with E-state index in [0.717, 1.165) is 16.9 Å². The van der Waals surface area contributed by atoms with E-state index in [1.54, 1.807) is 63.2 Å². The molecule has 262 valence electrons. The molecule has 0 spiro atoms. The van der Waals surface area contributed by atoms with Crippen molar-refractivity contribution in [3.63, 3.8) is 0 Å². The first-order chi connectivity index (χ1) is 24.4. The van der Waals surface area contributed by atoms with E-state index in [1.807, 2.05) is 23.6 Å². The van der Waals surface area contributed by atoms with Gasteiger partial charge in [0.2, 0.25) is 0 Å². The molecule has 0 N–H and O–H groups in total. The number of carbonyl (C=O) groups excluding carboxylic acids is 1. The van der Waals surface area contributed by atoms with Crippen LogP contribution in [0.25, 0.3) is 17.5 Å². The van der Waals surface area contributed by atoms with Crippen molar-refractivity contribution in [2.75, 3.05) is 7.11 Å². The summed E-state index contributed by atoms with van der Waals surface area (Å²) >= 11 is 15.0. The predicted octanol–water partition coefficient (Wildman–Crippen LogP) is 6.84. The van der Waals surface area contributed by atoms with Crippen molar-refractivity contribution >= 4 is 64.0 Å². The summed E-state index contributed by atoms with van der Waals surface area (Å²) in [6, 6.07) is 15.6. The predicted molar refractivity (Wildman–Crippen MR) is 196 cm³/mol. The zero-order chi connectivity index (χ0) is 36.6. The van der Waals surface area contributed by atoms with E-state index in [9.17, 15) is 19.7 Å². The summed E-state index contributed by atoms with van der Waals surface area (Å²) in [5.41, 5.74) is 1.53. The lowest BCUT2D eigenvalue weighted by molar-refractivity contribution is -0.384. The van der Waals surface area contributed by atoms with Crippen molar-refractivity contribution in [1.29, 1.82) is 0 Å². The molecule has 3 aromatic carbocycles. The minimum absolute atomic E-state index is 0.157. The van der Waals surface area contributed by atoms with E-state index in [4.69, 9.17) is 32.7 Å². The maximum absolute atomic E-state index is 14.4. The Morgan fingerprint density at radius 1 is 1.12 bits per heavy atom. The second kappa shape index (κ2) is 14.8. The van der Waals surface area contributed by atoms with E-state index < -0.39 is 28.6 Å². The molecule has 1 aliphatic heterocycles. The smallest absolute Gasteiger partial charge is 0.338 e. The van der Waals surface area contributed by atoms with Crippen molar-refractivity contribution in [2.45, 2.75) is 56.4 Å². The summed E-state index contributed by atoms with van der Waals surface area (Å²) in [5, 5.41) is 22.2. The number of ether oxygens (including phenoxy) is 2. The number of fused-ring (bicyclic) bond motifs is 1. The van der Waals surface area contributed by atoms with Gasteiger partial charge in [-0.15, -0.1) is 10.2 Å². The van der Waals surface area contributed by atoms with Crippen LogP contribution in [0.15, 0.2) is 91.8 Å². The molecule has 1 aliphatic rings. The molecule has 16 heteroatoms. The fourth-order valence-corrected chi connectivity index (χ4v) is 8.04. The third-order valence-corrected chi connectivity index (χ3v) is 10.4. The fourth-order valence-electron chi connectivity index (χ4n) is 5.66. The zero-order valence-electron chi connectivity index (χ0n) is 27.9. The van der Waals surface area contributed by atoms with Crippen LogP contribution in [0.3, 0.4) is 0 Å². The number of allylic oxidation sites excluding steroid dienone is 1. The number of hydrogen-bond acceptors (Lipinski definition) is 11. The SMILES string of the molecule is CCn1c(Sc2ccc([N+](=O)[O-])cc2/C=c2\sc3n(c2=O)[C@@H](c2cc(Cl)ccc2OC)C(C(=O)OC(C)C)=C(C)N=3)nnc1-c1cccc(Cl)c1. The highest BCUT2D eigenvalue weighted by molar-refractivity contribution is 7.99. The Balaban J connectivity index is 1.52. The molecule has 0 unspecified atom stereocenters. The molecule has 0 aliphatic carbocycles. The number of non-ortho nitro benzene ring substituents is 1. The first-order valence-electron chi connectivity index (χ1n) is 15.6. The van der Waals surface area contributed by atoms with Crippen LogP contribution in [0, 0.1) is 10.1 Å². The number of benzene rings is 3. The number of esters is 1. The molecular weight excluding hydrogens is 735 g/mol. The quantitative estimate of drug-likeness (QED) is 0.0848. The van der Waals surface area contributed by atoms with Gasteiger partial charge < -0.3 is 14.0 Å². The van der Waals surface area contributed by atoms with Crippen molar-refractivity contribution in [2.24, 2.45) is 4.99 Å². The van der Waals surface area contributed by atoms with Gasteiger partial charge in [0.1, 0.15) is 11.8 Å². The Morgan fingerprint density at radius 2 is 1.88 bits per heavy atom. The molecule has 0 amide bonds. The normalized spacial score (nSPS) is 14.4. The molecule has 0 fully saturated rings. The summed E-state index contributed by atoms with van der Waals surface area (Å²) < 4.78 is 14.8. The molecule has 5 aromatic rings. The Morgan fingerprint density at radius 3 is 2.57 bits per heavy atom. The number of hydrogen-bond donors (Lipinski definition) is 0. The highest BCUT2D eigenvalue weighted by Gasteiger charge is 2.35. The van der Waals surface area contributed by atoms with Crippen molar-refractivity contribution in [3.05, 3.63) is 123 Å². The Bertz CT molecular complexity index is 2420. The average Bonchev–Trinajstić information content (AvgIpc) is 3.63. The summed E-state index contributed by atoms with van der Waals surface area (Å²) in [6.45, 7) is 7.62. The molecule has 3 heterocycles. The van der Waals surface area contributed by atoms with Gasteiger partial charge in [-0.3, -0.25) is 19.5 Å². The van der Waals surface area contributed by atoms with Crippen LogP contribution in [0.1, 0.15) is 44.9 Å². The lowest BCUT2D eigenvalue weighted by atomic mass is 9.95. The largest absolute Gasteiger partial charge is 0.496 e. The van der Waals surface area contributed by atoms with E-state index in [2.05, 4.69) is 15.2 Å². The number of carbonyl (C=O) groups is 1. The second-order valence-corrected chi connectivity index (χ2v) is 14.5. The molecule has 0 saturated carbocycles. The van der Waals surface area contributed by atoms with Gasteiger partial charge in [-0.2, -0.15) is 0 Å². The lowest BCUT2D eigenvalue weighted by Crippen LogP contribution is -2.40. The summed E-state index contributed by atoms with van der Waals surface area (Å²) in [5.74, 6) is 0.373. The molecule has 51 heavy (non-hydrogen) atoms. The fraction of sp³-hybridized carbons (Fsp3) is 0.229. The molecule has 2 aromatic heterocycles. The van der Waals surface area contributed by atoms with E-state index in [1.165, 1.54) is 35.6 Å². The highest BCUT2D eigenvalue weighted by atomic mass is 35.5. The molecular formula is C35H30Cl2N6O6S2. The van der Waals surface area contributed by atoms with Gasteiger partial charge in [-0.25, -0.2) is 9.79 Å². The molecule has 0 saturated heterocycles. The number of thiazole rings is 1. The highest BCUT2D eigenvalue weighted by Crippen LogP contribution is 2.38. The van der Waals surface area contributed by atoms with Crippen molar-refractivity contribution in [1.82, 2.24) is 19.3 Å². The third kappa shape index (κ3) is 7.22. The lowest BCUT2D eigenvalue weighted by Gasteiger charge is -2.26. The number of aromatic nitrogens is 4. The van der Waals surface area contributed by atoms with Crippen molar-refractivity contribution in [3.8, 4) is 17.1 Å². The Kier molecular flexibility index (Phi) is 10.5. The van der Waals surface area contributed by atoms with E-state index in [-0.39, 0.29) is 15.8 Å². The summed E-state index contributed by atoms with van der Waals surface area (Å²) in [6.07, 6.45) is 1.15. The van der Waals surface area contributed by atoms with Crippen LogP contribution < -0.4 is 19.6 Å². The van der Waals surface area contributed by atoms with Gasteiger partial charge in [0.05, 0.1) is 33.9 Å². The van der Waals surface area contributed by atoms with Crippen LogP contribution in [-0.2, 0) is 16.1 Å². The van der Waals surface area contributed by atoms with E-state index >= 15 is 0 Å². The summed E-state index contributed by atoms with van der Waals surface area (Å²) in [4.78, 5) is 44.9. The van der Waals surface area contributed by atoms with Gasteiger partial charge in [-0.1, -0.05) is 46.7 Å². The Labute approximate surface area is 309 Å². The number of nitrogens with zero attached hydrogens (tertiary/aromatic N) is 6. The molecule has 0 bridgehead atoms. The van der Waals surface area contributed by atoms with Crippen LogP contribution >= 0.6 is 46.3 Å². The maximum atomic E-state index is 14.4. The first-order valence-corrected chi connectivity index (χ1v) is 18.0. The minimum Gasteiger partial charge on any atom is -0.496 e. The summed E-state index contributed by atoms with van der Waals surface area (Å²) in [7, 11) is 1.48. The number of halogens is 2. The van der Waals surface area contributed by atoms with Crippen LogP contribution in [0.2, 0.25) is 10.0 Å². The topological polar surface area (TPSA) is 144 Å². The molecule has 0 radical (unpaired) electrons. The van der Waals surface area contributed by atoms with E-state index in [0.29, 0.717) is 59.8 Å². The minimum atomic E-state index is -0.990. The van der Waals surface area contributed by atoms with Gasteiger partial charge in [-0.05, 0) is 87.5 Å². The van der Waals surface area contributed by atoms with Crippen LogP contribution in [0.5, 0.6) is 5.75 Å². The average molecular weight is 766 g/mol. The maximum Gasteiger partial charge on any atom is 0.338 e. The van der Waals surface area contributed by atoms with Crippen molar-refractivity contribution < 1.29 is 19.2 Å². The first kappa shape index (κ1) is 36.0. The van der Waals surface area contributed by atoms with Gasteiger partial charge in [0.15, 0.2) is 15.8 Å². The van der Waals surface area contributed by atoms with Crippen LogP contribution in [-0.4, -0.2) is 43.4 Å².